The molecule has 0 bridgehead atoms. The van der Waals surface area contributed by atoms with Crippen molar-refractivity contribution < 1.29 is 22.7 Å². The molecule has 1 amide bonds. The van der Waals surface area contributed by atoms with Gasteiger partial charge in [-0.25, -0.2) is 0 Å². The van der Waals surface area contributed by atoms with Crippen molar-refractivity contribution in [3.8, 4) is 5.75 Å². The van der Waals surface area contributed by atoms with Gasteiger partial charge in [0.2, 0.25) is 0 Å². The maximum atomic E-state index is 11.9. The first kappa shape index (κ1) is 13.1. The van der Waals surface area contributed by atoms with Crippen molar-refractivity contribution >= 4 is 5.91 Å². The highest BCUT2D eigenvalue weighted by molar-refractivity contribution is 5.94. The Hall–Kier alpha value is -1.98. The minimum absolute atomic E-state index is 0.248. The number of alkyl halides is 3. The summed E-state index contributed by atoms with van der Waals surface area (Å²) in [4.78, 5) is 11.4. The minimum atomic E-state index is -4.73. The van der Waals surface area contributed by atoms with Gasteiger partial charge in [0.15, 0.2) is 0 Å². The van der Waals surface area contributed by atoms with Gasteiger partial charge in [-0.3, -0.25) is 4.79 Å². The Labute approximate surface area is 95.9 Å². The molecule has 0 unspecified atom stereocenters. The summed E-state index contributed by atoms with van der Waals surface area (Å²) in [5, 5.41) is 2.43. The lowest BCUT2D eigenvalue weighted by Gasteiger charge is -2.08. The third-order valence-corrected chi connectivity index (χ3v) is 1.73. The molecule has 0 saturated heterocycles. The van der Waals surface area contributed by atoms with Crippen LogP contribution in [-0.2, 0) is 0 Å². The van der Waals surface area contributed by atoms with Gasteiger partial charge in [0, 0.05) is 5.56 Å². The van der Waals surface area contributed by atoms with E-state index in [0.29, 0.717) is 0 Å². The molecule has 0 radical (unpaired) electrons. The number of rotatable bonds is 3. The van der Waals surface area contributed by atoms with Gasteiger partial charge in [0.25, 0.3) is 5.91 Å². The smallest absolute Gasteiger partial charge is 0.406 e. The highest BCUT2D eigenvalue weighted by Crippen LogP contribution is 2.22. The van der Waals surface area contributed by atoms with Gasteiger partial charge < -0.3 is 10.1 Å². The van der Waals surface area contributed by atoms with Crippen molar-refractivity contribution in [2.75, 3.05) is 0 Å². The Morgan fingerprint density at radius 3 is 2.35 bits per heavy atom. The largest absolute Gasteiger partial charge is 0.573 e. The zero-order valence-corrected chi connectivity index (χ0v) is 8.91. The van der Waals surface area contributed by atoms with Crippen molar-refractivity contribution in [3.63, 3.8) is 0 Å². The number of nitrogens with one attached hydrogen (secondary N) is 1. The van der Waals surface area contributed by atoms with E-state index in [0.717, 1.165) is 12.1 Å². The van der Waals surface area contributed by atoms with Crippen molar-refractivity contribution in [3.05, 3.63) is 42.1 Å². The average molecular weight is 245 g/mol. The van der Waals surface area contributed by atoms with Gasteiger partial charge in [-0.05, 0) is 37.4 Å². The Kier molecular flexibility index (Phi) is 4.14. The van der Waals surface area contributed by atoms with Crippen LogP contribution in [0.3, 0.4) is 0 Å². The molecule has 0 aromatic heterocycles. The fourth-order valence-corrected chi connectivity index (χ4v) is 1.05. The number of halogens is 3. The molecule has 1 aromatic rings. The fourth-order valence-electron chi connectivity index (χ4n) is 1.05. The second-order valence-electron chi connectivity index (χ2n) is 3.05. The van der Waals surface area contributed by atoms with Crippen LogP contribution in [-0.4, -0.2) is 12.3 Å². The van der Waals surface area contributed by atoms with Crippen molar-refractivity contribution in [2.24, 2.45) is 0 Å². The standard InChI is InChI=1S/C11H10F3NO2/c1-2-7-15-10(16)8-3-5-9(6-4-8)17-11(12,13)14/h2-7H,1H3,(H,15,16)/b7-2-. The lowest BCUT2D eigenvalue weighted by atomic mass is 10.2. The molecule has 0 atom stereocenters. The van der Waals surface area contributed by atoms with E-state index in [4.69, 9.17) is 0 Å². The highest BCUT2D eigenvalue weighted by atomic mass is 19.4. The van der Waals surface area contributed by atoms with Crippen molar-refractivity contribution in [2.45, 2.75) is 13.3 Å². The predicted molar refractivity (Wildman–Crippen MR) is 55.4 cm³/mol. The molecule has 6 heteroatoms. The Balaban J connectivity index is 2.71. The van der Waals surface area contributed by atoms with Gasteiger partial charge in [-0.2, -0.15) is 0 Å². The number of amides is 1. The summed E-state index contributed by atoms with van der Waals surface area (Å²) in [6.45, 7) is 1.72. The molecule has 1 rings (SSSR count). The minimum Gasteiger partial charge on any atom is -0.406 e. The van der Waals surface area contributed by atoms with Gasteiger partial charge in [-0.1, -0.05) is 6.08 Å². The monoisotopic (exact) mass is 245 g/mol. The molecule has 0 aliphatic rings. The predicted octanol–water partition coefficient (Wildman–Crippen LogP) is 2.85. The normalized spacial score (nSPS) is 11.5. The molecule has 0 fully saturated rings. The quantitative estimate of drug-likeness (QED) is 0.889. The fraction of sp³-hybridized carbons (Fsp3) is 0.182. The second-order valence-corrected chi connectivity index (χ2v) is 3.05. The third-order valence-electron chi connectivity index (χ3n) is 1.73. The SMILES string of the molecule is C/C=C\NC(=O)c1ccc(OC(F)(F)F)cc1. The van der Waals surface area contributed by atoms with Crippen LogP contribution in [0, 0.1) is 0 Å². The van der Waals surface area contributed by atoms with Gasteiger partial charge in [0.05, 0.1) is 0 Å². The molecule has 17 heavy (non-hydrogen) atoms. The number of carbonyl (C=O) groups is 1. The molecule has 3 nitrogen and oxygen atoms in total. The second kappa shape index (κ2) is 5.38. The van der Waals surface area contributed by atoms with E-state index < -0.39 is 12.3 Å². The van der Waals surface area contributed by atoms with Crippen LogP contribution in [0.25, 0.3) is 0 Å². The lowest BCUT2D eigenvalue weighted by Crippen LogP contribution is -2.18. The average Bonchev–Trinajstić information content (AvgIpc) is 2.24. The van der Waals surface area contributed by atoms with Gasteiger partial charge in [-0.15, -0.1) is 13.2 Å². The molecule has 0 saturated carbocycles. The van der Waals surface area contributed by atoms with Gasteiger partial charge >= 0.3 is 6.36 Å². The lowest BCUT2D eigenvalue weighted by molar-refractivity contribution is -0.274. The molecule has 92 valence electrons. The molecule has 1 aromatic carbocycles. The number of ether oxygens (including phenoxy) is 1. The Morgan fingerprint density at radius 2 is 1.88 bits per heavy atom. The first-order valence-corrected chi connectivity index (χ1v) is 4.70. The van der Waals surface area contributed by atoms with E-state index in [2.05, 4.69) is 10.1 Å². The summed E-state index contributed by atoms with van der Waals surface area (Å²) >= 11 is 0. The number of benzene rings is 1. The summed E-state index contributed by atoms with van der Waals surface area (Å²) in [6.07, 6.45) is -1.67. The van der Waals surface area contributed by atoms with Crippen LogP contribution >= 0.6 is 0 Å². The molecular formula is C11H10F3NO2. The van der Waals surface area contributed by atoms with E-state index in [1.165, 1.54) is 18.3 Å². The van der Waals surface area contributed by atoms with Crippen LogP contribution in [0.5, 0.6) is 5.75 Å². The topological polar surface area (TPSA) is 38.3 Å². The first-order chi connectivity index (χ1) is 7.92. The maximum absolute atomic E-state index is 11.9. The first-order valence-electron chi connectivity index (χ1n) is 4.70. The molecular weight excluding hydrogens is 235 g/mol. The van der Waals surface area contributed by atoms with Gasteiger partial charge in [0.1, 0.15) is 5.75 Å². The number of hydrogen-bond acceptors (Lipinski definition) is 2. The molecule has 1 N–H and O–H groups in total. The van der Waals surface area contributed by atoms with Crippen LogP contribution in [0.2, 0.25) is 0 Å². The summed E-state index contributed by atoms with van der Waals surface area (Å²) in [5.41, 5.74) is 0.248. The molecule has 0 aliphatic heterocycles. The Morgan fingerprint density at radius 1 is 1.29 bits per heavy atom. The van der Waals surface area contributed by atoms with E-state index >= 15 is 0 Å². The van der Waals surface area contributed by atoms with E-state index in [9.17, 15) is 18.0 Å². The van der Waals surface area contributed by atoms with Crippen LogP contribution in [0.15, 0.2) is 36.5 Å². The maximum Gasteiger partial charge on any atom is 0.573 e. The van der Waals surface area contributed by atoms with E-state index in [1.54, 1.807) is 13.0 Å². The molecule has 0 spiro atoms. The van der Waals surface area contributed by atoms with Crippen LogP contribution in [0.4, 0.5) is 13.2 Å². The third kappa shape index (κ3) is 4.58. The summed E-state index contributed by atoms with van der Waals surface area (Å²) in [7, 11) is 0. The van der Waals surface area contributed by atoms with Crippen molar-refractivity contribution in [1.29, 1.82) is 0 Å². The number of allylic oxidation sites excluding steroid dienone is 1. The molecule has 0 aliphatic carbocycles. The summed E-state index contributed by atoms with van der Waals surface area (Å²) in [5.74, 6) is -0.762. The van der Waals surface area contributed by atoms with Crippen molar-refractivity contribution in [1.82, 2.24) is 5.32 Å². The summed E-state index contributed by atoms with van der Waals surface area (Å²) in [6, 6.07) is 4.66. The van der Waals surface area contributed by atoms with Crippen LogP contribution in [0.1, 0.15) is 17.3 Å². The summed E-state index contributed by atoms with van der Waals surface area (Å²) < 4.78 is 39.2. The van der Waals surface area contributed by atoms with E-state index in [1.807, 2.05) is 0 Å². The molecule has 0 heterocycles. The number of carbonyl (C=O) groups excluding carboxylic acids is 1. The zero-order chi connectivity index (χ0) is 12.9. The van der Waals surface area contributed by atoms with Crippen LogP contribution < -0.4 is 10.1 Å². The number of hydrogen-bond donors (Lipinski definition) is 1. The Bertz CT molecular complexity index is 410. The highest BCUT2D eigenvalue weighted by Gasteiger charge is 2.30. The van der Waals surface area contributed by atoms with E-state index in [-0.39, 0.29) is 11.3 Å². The zero-order valence-electron chi connectivity index (χ0n) is 8.91.